The van der Waals surface area contributed by atoms with Crippen LogP contribution in [0.2, 0.25) is 0 Å². The van der Waals surface area contributed by atoms with Crippen molar-refractivity contribution in [3.8, 4) is 16.9 Å². The topological polar surface area (TPSA) is 114 Å². The molecule has 3 aromatic carbocycles. The van der Waals surface area contributed by atoms with Crippen molar-refractivity contribution < 1.29 is 37.0 Å². The van der Waals surface area contributed by atoms with Crippen LogP contribution in [-0.2, 0) is 24.1 Å². The Labute approximate surface area is 247 Å². The Morgan fingerprint density at radius 3 is 2.30 bits per heavy atom. The van der Waals surface area contributed by atoms with Crippen molar-refractivity contribution >= 4 is 5.97 Å². The standard InChI is InChI=1S/C31H28F5N3O5/c1-18-27(20-10-5-13-25(40)28(20)33)29(43)39(17-24(19-8-3-2-4-9-19)37-15-7-14-26(41)42)30(44)38(18)16-21-22(31(34,35)36)11-6-12-23(21)32/h2-6,8-13,24,37,40H,7,14-17H2,1H3,(H,41,42). The average molecular weight is 618 g/mol. The number of hydrogen-bond acceptors (Lipinski definition) is 5. The van der Waals surface area contributed by atoms with Gasteiger partial charge in [-0.15, -0.1) is 0 Å². The van der Waals surface area contributed by atoms with E-state index in [1.807, 2.05) is 0 Å². The highest BCUT2D eigenvalue weighted by atomic mass is 19.4. The van der Waals surface area contributed by atoms with Crippen LogP contribution in [0.15, 0.2) is 76.3 Å². The van der Waals surface area contributed by atoms with Crippen molar-refractivity contribution in [2.45, 2.75) is 45.1 Å². The SMILES string of the molecule is Cc1c(-c2cccc(O)c2F)c(=O)n(CC(NCCCC(=O)O)c2ccccc2)c(=O)n1Cc1c(F)cccc1C(F)(F)F. The fourth-order valence-electron chi connectivity index (χ4n) is 4.99. The Morgan fingerprint density at radius 2 is 1.64 bits per heavy atom. The van der Waals surface area contributed by atoms with Gasteiger partial charge in [0.05, 0.1) is 30.3 Å². The zero-order valence-corrected chi connectivity index (χ0v) is 23.4. The summed E-state index contributed by atoms with van der Waals surface area (Å²) in [6, 6.07) is 13.5. The van der Waals surface area contributed by atoms with Gasteiger partial charge in [0.25, 0.3) is 5.56 Å². The molecule has 44 heavy (non-hydrogen) atoms. The lowest BCUT2D eigenvalue weighted by Gasteiger charge is -2.23. The van der Waals surface area contributed by atoms with Gasteiger partial charge in [-0.25, -0.2) is 13.6 Å². The Bertz CT molecular complexity index is 1780. The Morgan fingerprint density at radius 1 is 0.955 bits per heavy atom. The number of rotatable bonds is 11. The van der Waals surface area contributed by atoms with E-state index in [2.05, 4.69) is 5.32 Å². The van der Waals surface area contributed by atoms with Crippen LogP contribution in [0.4, 0.5) is 22.0 Å². The minimum atomic E-state index is -4.97. The molecular formula is C31H28F5N3O5. The van der Waals surface area contributed by atoms with Gasteiger partial charge in [0.2, 0.25) is 0 Å². The molecule has 1 unspecified atom stereocenters. The molecule has 0 aliphatic rings. The lowest BCUT2D eigenvalue weighted by Crippen LogP contribution is -2.45. The summed E-state index contributed by atoms with van der Waals surface area (Å²) in [5.74, 6) is -4.26. The van der Waals surface area contributed by atoms with Gasteiger partial charge >= 0.3 is 17.8 Å². The van der Waals surface area contributed by atoms with Gasteiger partial charge in [-0.05, 0) is 43.7 Å². The lowest BCUT2D eigenvalue weighted by molar-refractivity contribution is -0.138. The number of nitrogens with one attached hydrogen (secondary N) is 1. The van der Waals surface area contributed by atoms with Crippen LogP contribution in [0.3, 0.4) is 0 Å². The first-order valence-electron chi connectivity index (χ1n) is 13.5. The highest BCUT2D eigenvalue weighted by Crippen LogP contribution is 2.34. The van der Waals surface area contributed by atoms with E-state index in [1.54, 1.807) is 30.3 Å². The monoisotopic (exact) mass is 617 g/mol. The Hall–Kier alpha value is -4.78. The molecule has 8 nitrogen and oxygen atoms in total. The predicted molar refractivity (Wildman–Crippen MR) is 151 cm³/mol. The second-order valence-corrected chi connectivity index (χ2v) is 10.1. The van der Waals surface area contributed by atoms with E-state index in [0.717, 1.165) is 22.8 Å². The molecule has 1 aromatic heterocycles. The molecule has 0 saturated heterocycles. The molecule has 13 heteroatoms. The van der Waals surface area contributed by atoms with Crippen LogP contribution in [0.1, 0.15) is 41.3 Å². The third-order valence-corrected chi connectivity index (χ3v) is 7.20. The van der Waals surface area contributed by atoms with E-state index in [1.165, 1.54) is 19.1 Å². The van der Waals surface area contributed by atoms with Gasteiger partial charge in [0, 0.05) is 23.2 Å². The number of nitrogens with zero attached hydrogens (tertiary/aromatic N) is 2. The van der Waals surface area contributed by atoms with E-state index in [9.17, 15) is 37.1 Å². The minimum absolute atomic E-state index is 0.156. The first kappa shape index (κ1) is 32.1. The summed E-state index contributed by atoms with van der Waals surface area (Å²) in [6.45, 7) is 0.0472. The number of phenols is 1. The number of carbonyl (C=O) groups is 1. The fourth-order valence-corrected chi connectivity index (χ4v) is 4.99. The summed E-state index contributed by atoms with van der Waals surface area (Å²) < 4.78 is 73.1. The Balaban J connectivity index is 1.94. The summed E-state index contributed by atoms with van der Waals surface area (Å²) in [6.07, 6.45) is -4.92. The summed E-state index contributed by atoms with van der Waals surface area (Å²) in [7, 11) is 0. The van der Waals surface area contributed by atoms with E-state index < -0.39 is 82.2 Å². The van der Waals surface area contributed by atoms with Crippen molar-refractivity contribution in [3.63, 3.8) is 0 Å². The maximum atomic E-state index is 15.2. The minimum Gasteiger partial charge on any atom is -0.505 e. The normalized spacial score (nSPS) is 12.3. The molecule has 0 fully saturated rings. The number of aromatic hydroxyl groups is 1. The fraction of sp³-hybridized carbons (Fsp3) is 0.258. The first-order chi connectivity index (χ1) is 20.8. The summed E-state index contributed by atoms with van der Waals surface area (Å²) >= 11 is 0. The van der Waals surface area contributed by atoms with Gasteiger partial charge < -0.3 is 15.5 Å². The number of hydrogen-bond donors (Lipinski definition) is 3. The van der Waals surface area contributed by atoms with E-state index in [-0.39, 0.29) is 25.1 Å². The molecule has 1 atom stereocenters. The number of carboxylic acids is 1. The molecule has 0 saturated carbocycles. The molecule has 0 amide bonds. The van der Waals surface area contributed by atoms with Crippen molar-refractivity contribution in [2.24, 2.45) is 0 Å². The van der Waals surface area contributed by atoms with Gasteiger partial charge in [0.15, 0.2) is 11.6 Å². The van der Waals surface area contributed by atoms with Crippen molar-refractivity contribution in [3.05, 3.63) is 122 Å². The van der Waals surface area contributed by atoms with E-state index in [0.29, 0.717) is 16.2 Å². The van der Waals surface area contributed by atoms with Crippen molar-refractivity contribution in [2.75, 3.05) is 6.54 Å². The van der Waals surface area contributed by atoms with Crippen LogP contribution < -0.4 is 16.6 Å². The highest BCUT2D eigenvalue weighted by Gasteiger charge is 2.35. The maximum Gasteiger partial charge on any atom is 0.416 e. The zero-order valence-electron chi connectivity index (χ0n) is 23.4. The summed E-state index contributed by atoms with van der Waals surface area (Å²) in [4.78, 5) is 38.8. The average Bonchev–Trinajstić information content (AvgIpc) is 2.97. The first-order valence-corrected chi connectivity index (χ1v) is 13.5. The second-order valence-electron chi connectivity index (χ2n) is 10.1. The molecule has 1 heterocycles. The molecule has 3 N–H and O–H groups in total. The molecule has 0 bridgehead atoms. The molecule has 4 rings (SSSR count). The summed E-state index contributed by atoms with van der Waals surface area (Å²) in [5, 5.41) is 22.1. The quantitative estimate of drug-likeness (QED) is 0.157. The zero-order chi connectivity index (χ0) is 32.2. The number of aliphatic carboxylic acids is 1. The molecule has 0 aliphatic carbocycles. The molecule has 0 radical (unpaired) electrons. The third kappa shape index (κ3) is 6.88. The number of benzene rings is 3. The number of alkyl halides is 3. The molecular weight excluding hydrogens is 589 g/mol. The second kappa shape index (κ2) is 13.2. The van der Waals surface area contributed by atoms with Gasteiger partial charge in [-0.1, -0.05) is 48.5 Å². The molecule has 232 valence electrons. The van der Waals surface area contributed by atoms with E-state index >= 15 is 4.39 Å². The smallest absolute Gasteiger partial charge is 0.416 e. The number of carboxylic acid groups (broad SMARTS) is 1. The third-order valence-electron chi connectivity index (χ3n) is 7.20. The highest BCUT2D eigenvalue weighted by molar-refractivity contribution is 5.67. The predicted octanol–water partition coefficient (Wildman–Crippen LogP) is 5.23. The van der Waals surface area contributed by atoms with Crippen LogP contribution in [0.25, 0.3) is 11.1 Å². The van der Waals surface area contributed by atoms with Crippen LogP contribution in [-0.4, -0.2) is 31.9 Å². The number of phenolic OH excluding ortho intramolecular Hbond substituents is 1. The van der Waals surface area contributed by atoms with Gasteiger partial charge in [-0.3, -0.25) is 18.7 Å². The van der Waals surface area contributed by atoms with Gasteiger partial charge in [-0.2, -0.15) is 13.2 Å². The molecule has 4 aromatic rings. The van der Waals surface area contributed by atoms with E-state index in [4.69, 9.17) is 5.11 Å². The number of halogens is 5. The lowest BCUT2D eigenvalue weighted by atomic mass is 10.0. The van der Waals surface area contributed by atoms with Crippen molar-refractivity contribution in [1.82, 2.24) is 14.5 Å². The molecule has 0 aliphatic heterocycles. The van der Waals surface area contributed by atoms with Gasteiger partial charge in [0.1, 0.15) is 5.82 Å². The van der Waals surface area contributed by atoms with Crippen LogP contribution in [0, 0.1) is 18.6 Å². The van der Waals surface area contributed by atoms with Crippen molar-refractivity contribution in [1.29, 1.82) is 0 Å². The summed E-state index contributed by atoms with van der Waals surface area (Å²) in [5.41, 5.74) is -4.74. The number of aromatic nitrogens is 2. The van der Waals surface area contributed by atoms with Crippen LogP contribution >= 0.6 is 0 Å². The largest absolute Gasteiger partial charge is 0.505 e. The van der Waals surface area contributed by atoms with Crippen LogP contribution in [0.5, 0.6) is 5.75 Å². The maximum absolute atomic E-state index is 15.2. The Kier molecular flexibility index (Phi) is 9.68. The molecule has 0 spiro atoms.